The molecule has 2 rings (SSSR count). The monoisotopic (exact) mass is 273 g/mol. The highest BCUT2D eigenvalue weighted by atomic mass is 32.2. The molecule has 0 heterocycles. The van der Waals surface area contributed by atoms with Gasteiger partial charge in [-0.3, -0.25) is 0 Å². The first-order chi connectivity index (χ1) is 9.24. The molecular weight excluding hydrogens is 254 g/mol. The highest BCUT2D eigenvalue weighted by molar-refractivity contribution is 7.98. The van der Waals surface area contributed by atoms with Gasteiger partial charge in [-0.25, -0.2) is 0 Å². The van der Waals surface area contributed by atoms with Crippen LogP contribution in [0.2, 0.25) is 0 Å². The molecule has 0 spiro atoms. The lowest BCUT2D eigenvalue weighted by Crippen LogP contribution is -2.43. The van der Waals surface area contributed by atoms with E-state index in [4.69, 9.17) is 5.73 Å². The van der Waals surface area contributed by atoms with Crippen LogP contribution in [-0.4, -0.2) is 17.5 Å². The van der Waals surface area contributed by atoms with Crippen LogP contribution in [0.1, 0.15) is 11.1 Å². The number of hydrogen-bond acceptors (Lipinski definition) is 3. The Morgan fingerprint density at radius 2 is 1.53 bits per heavy atom. The molecule has 0 saturated heterocycles. The first kappa shape index (κ1) is 14.1. The molecule has 0 saturated carbocycles. The van der Waals surface area contributed by atoms with Crippen molar-refractivity contribution in [2.45, 2.75) is 11.3 Å². The zero-order chi connectivity index (χ0) is 13.6. The Bertz CT molecular complexity index is 489. The molecule has 3 N–H and O–H groups in total. The molecule has 0 fully saturated rings. The first-order valence-electron chi connectivity index (χ1n) is 6.31. The minimum absolute atomic E-state index is 0.0429. The minimum Gasteiger partial charge on any atom is -0.394 e. The van der Waals surface area contributed by atoms with Crippen LogP contribution in [0.15, 0.2) is 60.7 Å². The van der Waals surface area contributed by atoms with Gasteiger partial charge < -0.3 is 10.8 Å². The van der Waals surface area contributed by atoms with Crippen molar-refractivity contribution in [2.24, 2.45) is 5.73 Å². The van der Waals surface area contributed by atoms with Crippen molar-refractivity contribution in [3.05, 3.63) is 71.8 Å². The average molecular weight is 273 g/mol. The third-order valence-corrected chi connectivity index (χ3v) is 4.36. The van der Waals surface area contributed by atoms with Crippen LogP contribution in [0.4, 0.5) is 0 Å². The summed E-state index contributed by atoms with van der Waals surface area (Å²) in [7, 11) is 0. The molecule has 0 aliphatic heterocycles. The Kier molecular flexibility index (Phi) is 5.02. The van der Waals surface area contributed by atoms with E-state index in [0.29, 0.717) is 5.75 Å². The molecule has 0 bridgehead atoms. The van der Waals surface area contributed by atoms with Crippen molar-refractivity contribution in [3.63, 3.8) is 0 Å². The zero-order valence-electron chi connectivity index (χ0n) is 10.8. The van der Waals surface area contributed by atoms with Crippen molar-refractivity contribution in [1.82, 2.24) is 0 Å². The minimum atomic E-state index is -0.666. The maximum Gasteiger partial charge on any atom is 0.0735 e. The predicted molar refractivity (Wildman–Crippen MR) is 82.0 cm³/mol. The number of rotatable bonds is 6. The summed E-state index contributed by atoms with van der Waals surface area (Å²) < 4.78 is 0. The van der Waals surface area contributed by atoms with E-state index in [2.05, 4.69) is 12.1 Å². The predicted octanol–water partition coefficient (Wildman–Crippen LogP) is 2.77. The lowest BCUT2D eigenvalue weighted by molar-refractivity contribution is 0.213. The van der Waals surface area contributed by atoms with Gasteiger partial charge in [-0.2, -0.15) is 11.8 Å². The fraction of sp³-hybridized carbons (Fsp3) is 0.250. The second kappa shape index (κ2) is 6.75. The average Bonchev–Trinajstić information content (AvgIpc) is 2.49. The van der Waals surface area contributed by atoms with Gasteiger partial charge in [0.2, 0.25) is 0 Å². The van der Waals surface area contributed by atoms with Gasteiger partial charge in [-0.15, -0.1) is 0 Å². The summed E-state index contributed by atoms with van der Waals surface area (Å²) in [6.07, 6.45) is 0. The van der Waals surface area contributed by atoms with Crippen molar-refractivity contribution >= 4 is 11.8 Å². The smallest absolute Gasteiger partial charge is 0.0735 e. The Balaban J connectivity index is 1.96. The van der Waals surface area contributed by atoms with Crippen LogP contribution in [0.25, 0.3) is 0 Å². The van der Waals surface area contributed by atoms with Crippen LogP contribution < -0.4 is 5.73 Å². The molecule has 19 heavy (non-hydrogen) atoms. The zero-order valence-corrected chi connectivity index (χ0v) is 11.6. The van der Waals surface area contributed by atoms with Crippen LogP contribution in [-0.2, 0) is 11.3 Å². The summed E-state index contributed by atoms with van der Waals surface area (Å²) in [6.45, 7) is -0.0429. The van der Waals surface area contributed by atoms with Gasteiger partial charge in [0.25, 0.3) is 0 Å². The molecule has 0 aliphatic rings. The summed E-state index contributed by atoms with van der Waals surface area (Å²) in [5.41, 5.74) is 7.91. The second-order valence-electron chi connectivity index (χ2n) is 4.66. The van der Waals surface area contributed by atoms with Gasteiger partial charge in [-0.1, -0.05) is 60.7 Å². The number of nitrogens with two attached hydrogens (primary N) is 1. The van der Waals surface area contributed by atoms with Gasteiger partial charge in [0, 0.05) is 11.5 Å². The Morgan fingerprint density at radius 1 is 0.947 bits per heavy atom. The Morgan fingerprint density at radius 3 is 2.11 bits per heavy atom. The molecule has 3 heteroatoms. The van der Waals surface area contributed by atoms with E-state index in [-0.39, 0.29) is 6.61 Å². The van der Waals surface area contributed by atoms with Crippen LogP contribution in [0, 0.1) is 0 Å². The second-order valence-corrected chi connectivity index (χ2v) is 5.64. The van der Waals surface area contributed by atoms with E-state index in [9.17, 15) is 5.11 Å². The normalized spacial score (nSPS) is 14.0. The standard InChI is InChI=1S/C16H19NOS/c17-16(12-18,15-9-5-2-6-10-15)13-19-11-14-7-3-1-4-8-14/h1-10,18H,11-13,17H2. The molecule has 1 unspecified atom stereocenters. The van der Waals surface area contributed by atoms with Crippen molar-refractivity contribution in [1.29, 1.82) is 0 Å². The van der Waals surface area contributed by atoms with Gasteiger partial charge >= 0.3 is 0 Å². The Hall–Kier alpha value is -1.29. The number of thioether (sulfide) groups is 1. The number of aliphatic hydroxyl groups excluding tert-OH is 1. The summed E-state index contributed by atoms with van der Waals surface area (Å²) in [5, 5.41) is 9.60. The quantitative estimate of drug-likeness (QED) is 0.850. The van der Waals surface area contributed by atoms with Gasteiger partial charge in [0.1, 0.15) is 0 Å². The van der Waals surface area contributed by atoms with Gasteiger partial charge in [-0.05, 0) is 11.1 Å². The van der Waals surface area contributed by atoms with Crippen LogP contribution >= 0.6 is 11.8 Å². The molecule has 2 aromatic rings. The van der Waals surface area contributed by atoms with Crippen LogP contribution in [0.5, 0.6) is 0 Å². The number of aliphatic hydroxyl groups is 1. The van der Waals surface area contributed by atoms with E-state index >= 15 is 0 Å². The molecule has 2 nitrogen and oxygen atoms in total. The topological polar surface area (TPSA) is 46.2 Å². The van der Waals surface area contributed by atoms with Crippen molar-refractivity contribution in [3.8, 4) is 0 Å². The lowest BCUT2D eigenvalue weighted by atomic mass is 9.94. The van der Waals surface area contributed by atoms with Crippen molar-refractivity contribution < 1.29 is 5.11 Å². The molecule has 0 aromatic heterocycles. The highest BCUT2D eigenvalue weighted by Crippen LogP contribution is 2.24. The third-order valence-electron chi connectivity index (χ3n) is 3.10. The van der Waals surface area contributed by atoms with E-state index in [1.165, 1.54) is 5.56 Å². The molecule has 0 aliphatic carbocycles. The molecule has 1 atom stereocenters. The van der Waals surface area contributed by atoms with E-state index < -0.39 is 5.54 Å². The number of hydrogen-bond donors (Lipinski definition) is 2. The summed E-state index contributed by atoms with van der Waals surface area (Å²) in [6, 6.07) is 20.1. The van der Waals surface area contributed by atoms with Crippen molar-refractivity contribution in [2.75, 3.05) is 12.4 Å². The summed E-state index contributed by atoms with van der Waals surface area (Å²) in [5.74, 6) is 1.61. The van der Waals surface area contributed by atoms with Gasteiger partial charge in [0.15, 0.2) is 0 Å². The lowest BCUT2D eigenvalue weighted by Gasteiger charge is -2.27. The molecule has 0 radical (unpaired) electrons. The largest absolute Gasteiger partial charge is 0.394 e. The maximum atomic E-state index is 9.60. The number of benzene rings is 2. The maximum absolute atomic E-state index is 9.60. The Labute approximate surface area is 118 Å². The first-order valence-corrected chi connectivity index (χ1v) is 7.47. The van der Waals surface area contributed by atoms with E-state index in [1.54, 1.807) is 11.8 Å². The summed E-state index contributed by atoms with van der Waals surface area (Å²) in [4.78, 5) is 0. The SMILES string of the molecule is NC(CO)(CSCc1ccccc1)c1ccccc1. The fourth-order valence-electron chi connectivity index (χ4n) is 1.92. The molecule has 2 aromatic carbocycles. The molecular formula is C16H19NOS. The highest BCUT2D eigenvalue weighted by Gasteiger charge is 2.26. The molecule has 0 amide bonds. The van der Waals surface area contributed by atoms with Gasteiger partial charge in [0.05, 0.1) is 12.1 Å². The summed E-state index contributed by atoms with van der Waals surface area (Å²) >= 11 is 1.75. The molecule has 100 valence electrons. The van der Waals surface area contributed by atoms with E-state index in [1.807, 2.05) is 48.5 Å². The third kappa shape index (κ3) is 3.83. The fourth-order valence-corrected chi connectivity index (χ4v) is 3.07. The van der Waals surface area contributed by atoms with Crippen LogP contribution in [0.3, 0.4) is 0 Å². The van der Waals surface area contributed by atoms with E-state index in [0.717, 1.165) is 11.3 Å².